The summed E-state index contributed by atoms with van der Waals surface area (Å²) in [6.45, 7) is 9.21. The number of hydrogen-bond acceptors (Lipinski definition) is 4. The quantitative estimate of drug-likeness (QED) is 0.592. The molecule has 1 unspecified atom stereocenters. The van der Waals surface area contributed by atoms with Gasteiger partial charge in [0.1, 0.15) is 0 Å². The molecule has 0 aromatic heterocycles. The zero-order chi connectivity index (χ0) is 13.8. The van der Waals surface area contributed by atoms with Gasteiger partial charge >= 0.3 is 5.97 Å². The standard InChI is InChI=1S/C13H21NO4/c1-9(2)12(16)17-8-11(15)14-7-10-5-6-13(3,4)18-10/h10H,1,5-8H2,2-4H3,(H,14,15). The van der Waals surface area contributed by atoms with Gasteiger partial charge in [-0.3, -0.25) is 4.79 Å². The van der Waals surface area contributed by atoms with Crippen molar-refractivity contribution in [2.45, 2.75) is 45.3 Å². The number of nitrogens with one attached hydrogen (secondary N) is 1. The van der Waals surface area contributed by atoms with Crippen LogP contribution in [0.1, 0.15) is 33.6 Å². The lowest BCUT2D eigenvalue weighted by Crippen LogP contribution is -2.36. The van der Waals surface area contributed by atoms with Crippen LogP contribution in [0.3, 0.4) is 0 Å². The number of ether oxygens (including phenoxy) is 2. The van der Waals surface area contributed by atoms with Crippen LogP contribution in [0.5, 0.6) is 0 Å². The summed E-state index contributed by atoms with van der Waals surface area (Å²) in [6.07, 6.45) is 1.96. The molecule has 0 aromatic carbocycles. The van der Waals surface area contributed by atoms with E-state index in [9.17, 15) is 9.59 Å². The van der Waals surface area contributed by atoms with Gasteiger partial charge in [-0.1, -0.05) is 6.58 Å². The van der Waals surface area contributed by atoms with Gasteiger partial charge in [-0.2, -0.15) is 0 Å². The fraction of sp³-hybridized carbons (Fsp3) is 0.692. The number of amides is 1. The van der Waals surface area contributed by atoms with Gasteiger partial charge in [-0.25, -0.2) is 4.79 Å². The molecule has 1 rings (SSSR count). The largest absolute Gasteiger partial charge is 0.452 e. The SMILES string of the molecule is C=C(C)C(=O)OCC(=O)NCC1CCC(C)(C)O1. The summed E-state index contributed by atoms with van der Waals surface area (Å²) < 4.78 is 10.5. The first kappa shape index (κ1) is 14.7. The molecule has 1 N–H and O–H groups in total. The molecule has 0 radical (unpaired) electrons. The first-order valence-corrected chi connectivity index (χ1v) is 6.07. The van der Waals surface area contributed by atoms with Crippen LogP contribution >= 0.6 is 0 Å². The Hall–Kier alpha value is -1.36. The molecule has 5 heteroatoms. The smallest absolute Gasteiger partial charge is 0.333 e. The summed E-state index contributed by atoms with van der Waals surface area (Å²) in [5.74, 6) is -0.874. The molecule has 1 atom stereocenters. The van der Waals surface area contributed by atoms with Crippen molar-refractivity contribution >= 4 is 11.9 Å². The third-order valence-electron chi connectivity index (χ3n) is 2.76. The zero-order valence-corrected chi connectivity index (χ0v) is 11.2. The fourth-order valence-corrected chi connectivity index (χ4v) is 1.75. The van der Waals surface area contributed by atoms with Gasteiger partial charge in [0.25, 0.3) is 5.91 Å². The second kappa shape index (κ2) is 6.00. The van der Waals surface area contributed by atoms with Crippen LogP contribution in [0.25, 0.3) is 0 Å². The van der Waals surface area contributed by atoms with E-state index in [4.69, 9.17) is 9.47 Å². The molecule has 1 saturated heterocycles. The first-order chi connectivity index (χ1) is 8.30. The van der Waals surface area contributed by atoms with E-state index in [1.165, 1.54) is 6.92 Å². The van der Waals surface area contributed by atoms with Crippen LogP contribution in [0, 0.1) is 0 Å². The van der Waals surface area contributed by atoms with E-state index < -0.39 is 5.97 Å². The van der Waals surface area contributed by atoms with Crippen LogP contribution < -0.4 is 5.32 Å². The van der Waals surface area contributed by atoms with Crippen LogP contribution in [0.15, 0.2) is 12.2 Å². The highest BCUT2D eigenvalue weighted by Crippen LogP contribution is 2.28. The fourth-order valence-electron chi connectivity index (χ4n) is 1.75. The molecular weight excluding hydrogens is 234 g/mol. The second-order valence-corrected chi connectivity index (χ2v) is 5.20. The zero-order valence-electron chi connectivity index (χ0n) is 11.2. The number of carbonyl (C=O) groups is 2. The Bertz CT molecular complexity index is 349. The van der Waals surface area contributed by atoms with Crippen LogP contribution in [-0.4, -0.2) is 36.7 Å². The van der Waals surface area contributed by atoms with Gasteiger partial charge in [0.05, 0.1) is 11.7 Å². The van der Waals surface area contributed by atoms with Crippen LogP contribution in [-0.2, 0) is 19.1 Å². The van der Waals surface area contributed by atoms with Crippen molar-refractivity contribution in [3.05, 3.63) is 12.2 Å². The van der Waals surface area contributed by atoms with E-state index in [1.54, 1.807) is 0 Å². The lowest BCUT2D eigenvalue weighted by atomic mass is 10.1. The average molecular weight is 255 g/mol. The number of carbonyl (C=O) groups excluding carboxylic acids is 2. The molecule has 0 bridgehead atoms. The third-order valence-corrected chi connectivity index (χ3v) is 2.76. The number of esters is 1. The Balaban J connectivity index is 2.18. The normalized spacial score (nSPS) is 21.4. The number of hydrogen-bond donors (Lipinski definition) is 1. The molecule has 0 aliphatic carbocycles. The Morgan fingerprint density at radius 2 is 2.17 bits per heavy atom. The van der Waals surface area contributed by atoms with Gasteiger partial charge < -0.3 is 14.8 Å². The maximum absolute atomic E-state index is 11.4. The molecule has 1 aliphatic rings. The van der Waals surface area contributed by atoms with E-state index in [0.717, 1.165) is 12.8 Å². The van der Waals surface area contributed by atoms with E-state index >= 15 is 0 Å². The minimum Gasteiger partial charge on any atom is -0.452 e. The van der Waals surface area contributed by atoms with Crippen LogP contribution in [0.4, 0.5) is 0 Å². The maximum atomic E-state index is 11.4. The predicted octanol–water partition coefficient (Wildman–Crippen LogP) is 1.18. The molecule has 0 aromatic rings. The molecule has 1 fully saturated rings. The lowest BCUT2D eigenvalue weighted by Gasteiger charge is -2.19. The summed E-state index contributed by atoms with van der Waals surface area (Å²) in [7, 11) is 0. The molecule has 102 valence electrons. The first-order valence-electron chi connectivity index (χ1n) is 6.07. The van der Waals surface area contributed by atoms with E-state index in [-0.39, 0.29) is 29.8 Å². The minimum atomic E-state index is -0.552. The summed E-state index contributed by atoms with van der Waals surface area (Å²) >= 11 is 0. The third kappa shape index (κ3) is 4.87. The minimum absolute atomic E-state index is 0.0424. The Kier molecular flexibility index (Phi) is 4.90. The van der Waals surface area contributed by atoms with Gasteiger partial charge in [0.2, 0.25) is 0 Å². The predicted molar refractivity (Wildman–Crippen MR) is 67.0 cm³/mol. The van der Waals surface area contributed by atoms with Gasteiger partial charge in [-0.05, 0) is 33.6 Å². The highest BCUT2D eigenvalue weighted by molar-refractivity contribution is 5.89. The van der Waals surface area contributed by atoms with Gasteiger partial charge in [-0.15, -0.1) is 0 Å². The Morgan fingerprint density at radius 3 is 2.67 bits per heavy atom. The summed E-state index contributed by atoms with van der Waals surface area (Å²) in [5.41, 5.74) is 0.172. The Morgan fingerprint density at radius 1 is 1.50 bits per heavy atom. The monoisotopic (exact) mass is 255 g/mol. The van der Waals surface area contributed by atoms with Crippen molar-refractivity contribution in [2.24, 2.45) is 0 Å². The molecule has 1 aliphatic heterocycles. The van der Waals surface area contributed by atoms with Crippen molar-refractivity contribution in [1.82, 2.24) is 5.32 Å². The Labute approximate surface area is 108 Å². The molecule has 1 amide bonds. The lowest BCUT2D eigenvalue weighted by molar-refractivity contribution is -0.144. The van der Waals surface area contributed by atoms with E-state index in [2.05, 4.69) is 11.9 Å². The van der Waals surface area contributed by atoms with Gasteiger partial charge in [0.15, 0.2) is 6.61 Å². The highest BCUT2D eigenvalue weighted by Gasteiger charge is 2.31. The molecule has 1 heterocycles. The molecule has 0 saturated carbocycles. The topological polar surface area (TPSA) is 64.6 Å². The van der Waals surface area contributed by atoms with E-state index in [0.29, 0.717) is 6.54 Å². The molecule has 18 heavy (non-hydrogen) atoms. The van der Waals surface area contributed by atoms with Crippen molar-refractivity contribution in [3.8, 4) is 0 Å². The van der Waals surface area contributed by atoms with Crippen LogP contribution in [0.2, 0.25) is 0 Å². The van der Waals surface area contributed by atoms with Crippen molar-refractivity contribution in [1.29, 1.82) is 0 Å². The highest BCUT2D eigenvalue weighted by atomic mass is 16.5. The maximum Gasteiger partial charge on any atom is 0.333 e. The molecular formula is C13H21NO4. The summed E-state index contributed by atoms with van der Waals surface area (Å²) in [6, 6.07) is 0. The van der Waals surface area contributed by atoms with E-state index in [1.807, 2.05) is 13.8 Å². The molecule has 5 nitrogen and oxygen atoms in total. The molecule has 0 spiro atoms. The van der Waals surface area contributed by atoms with Crippen molar-refractivity contribution < 1.29 is 19.1 Å². The number of rotatable bonds is 5. The summed E-state index contributed by atoms with van der Waals surface area (Å²) in [4.78, 5) is 22.5. The average Bonchev–Trinajstić information content (AvgIpc) is 2.62. The van der Waals surface area contributed by atoms with Crippen molar-refractivity contribution in [3.63, 3.8) is 0 Å². The van der Waals surface area contributed by atoms with Crippen molar-refractivity contribution in [2.75, 3.05) is 13.2 Å². The summed E-state index contributed by atoms with van der Waals surface area (Å²) in [5, 5.41) is 2.69. The van der Waals surface area contributed by atoms with Gasteiger partial charge in [0, 0.05) is 12.1 Å². The second-order valence-electron chi connectivity index (χ2n) is 5.20.